The SMILES string of the molecule is C[Si](C)(C)CCOCn1ccc2c(-c3cnn(C(CC#N)C4(C#N)CCCC4)c3)ncnc21. The molecule has 3 aromatic heterocycles. The number of hydrogen-bond acceptors (Lipinski definition) is 6. The van der Waals surface area contributed by atoms with Crippen LogP contribution in [0.1, 0.15) is 38.1 Å². The van der Waals surface area contributed by atoms with Gasteiger partial charge in [-0.2, -0.15) is 15.6 Å². The Hall–Kier alpha value is -3.01. The average Bonchev–Trinajstić information content (AvgIpc) is 3.54. The molecule has 1 saturated carbocycles. The summed E-state index contributed by atoms with van der Waals surface area (Å²) in [6.45, 7) is 8.23. The van der Waals surface area contributed by atoms with Gasteiger partial charge in [-0.05, 0) is 25.0 Å². The van der Waals surface area contributed by atoms with Crippen LogP contribution < -0.4 is 0 Å². The van der Waals surface area contributed by atoms with E-state index in [1.165, 1.54) is 0 Å². The molecule has 1 aliphatic carbocycles. The summed E-state index contributed by atoms with van der Waals surface area (Å²) >= 11 is 0. The first-order chi connectivity index (χ1) is 15.9. The highest BCUT2D eigenvalue weighted by Crippen LogP contribution is 2.47. The van der Waals surface area contributed by atoms with Gasteiger partial charge in [0.1, 0.15) is 18.7 Å². The molecule has 1 atom stereocenters. The van der Waals surface area contributed by atoms with Crippen LogP contribution in [-0.4, -0.2) is 39.0 Å². The lowest BCUT2D eigenvalue weighted by atomic mass is 9.78. The zero-order valence-corrected chi connectivity index (χ0v) is 20.7. The summed E-state index contributed by atoms with van der Waals surface area (Å²) in [6, 6.07) is 7.66. The second-order valence-electron chi connectivity index (χ2n) is 10.2. The van der Waals surface area contributed by atoms with Crippen molar-refractivity contribution < 1.29 is 4.74 Å². The maximum absolute atomic E-state index is 9.94. The van der Waals surface area contributed by atoms with Crippen molar-refractivity contribution in [3.8, 4) is 23.4 Å². The summed E-state index contributed by atoms with van der Waals surface area (Å²) in [5.41, 5.74) is 1.93. The topological polar surface area (TPSA) is 105 Å². The molecular weight excluding hydrogens is 430 g/mol. The number of fused-ring (bicyclic) bond motifs is 1. The molecule has 3 aromatic rings. The van der Waals surface area contributed by atoms with Gasteiger partial charge in [0, 0.05) is 38.0 Å². The maximum atomic E-state index is 9.94. The fraction of sp³-hybridized carbons (Fsp3) is 0.542. The summed E-state index contributed by atoms with van der Waals surface area (Å²) in [5, 5.41) is 24.9. The van der Waals surface area contributed by atoms with Crippen molar-refractivity contribution in [1.29, 1.82) is 10.5 Å². The van der Waals surface area contributed by atoms with Gasteiger partial charge < -0.3 is 9.30 Å². The zero-order chi connectivity index (χ0) is 23.5. The van der Waals surface area contributed by atoms with Crippen molar-refractivity contribution >= 4 is 19.1 Å². The van der Waals surface area contributed by atoms with Crippen LogP contribution in [-0.2, 0) is 11.5 Å². The van der Waals surface area contributed by atoms with E-state index in [-0.39, 0.29) is 12.5 Å². The Morgan fingerprint density at radius 2 is 2.00 bits per heavy atom. The molecule has 0 aromatic carbocycles. The van der Waals surface area contributed by atoms with E-state index in [1.54, 1.807) is 17.2 Å². The summed E-state index contributed by atoms with van der Waals surface area (Å²) in [6.07, 6.45) is 11.1. The van der Waals surface area contributed by atoms with Crippen LogP contribution >= 0.6 is 0 Å². The molecule has 0 N–H and O–H groups in total. The first-order valence-electron chi connectivity index (χ1n) is 11.6. The van der Waals surface area contributed by atoms with Crippen LogP contribution in [0.2, 0.25) is 25.7 Å². The Morgan fingerprint density at radius 3 is 2.70 bits per heavy atom. The van der Waals surface area contributed by atoms with Gasteiger partial charge >= 0.3 is 0 Å². The van der Waals surface area contributed by atoms with E-state index in [0.29, 0.717) is 6.73 Å². The van der Waals surface area contributed by atoms with Gasteiger partial charge in [-0.25, -0.2) is 9.97 Å². The maximum Gasteiger partial charge on any atom is 0.145 e. The van der Waals surface area contributed by atoms with Crippen LogP contribution in [0.4, 0.5) is 0 Å². The number of ether oxygens (including phenoxy) is 1. The predicted molar refractivity (Wildman–Crippen MR) is 129 cm³/mol. The van der Waals surface area contributed by atoms with E-state index in [9.17, 15) is 10.5 Å². The van der Waals surface area contributed by atoms with Crippen molar-refractivity contribution in [2.24, 2.45) is 5.41 Å². The minimum atomic E-state index is -1.13. The predicted octanol–water partition coefficient (Wildman–Crippen LogP) is 5.15. The van der Waals surface area contributed by atoms with E-state index < -0.39 is 13.5 Å². The van der Waals surface area contributed by atoms with Crippen molar-refractivity contribution in [3.05, 3.63) is 31.0 Å². The van der Waals surface area contributed by atoms with Gasteiger partial charge in [0.15, 0.2) is 0 Å². The van der Waals surface area contributed by atoms with Crippen LogP contribution in [0.15, 0.2) is 31.0 Å². The number of nitriles is 2. The lowest BCUT2D eigenvalue weighted by molar-refractivity contribution is 0.0899. The third-order valence-electron chi connectivity index (χ3n) is 6.62. The van der Waals surface area contributed by atoms with Crippen molar-refractivity contribution in [2.75, 3.05) is 6.61 Å². The average molecular weight is 462 g/mol. The van der Waals surface area contributed by atoms with Gasteiger partial charge in [-0.3, -0.25) is 4.68 Å². The lowest BCUT2D eigenvalue weighted by Gasteiger charge is -2.29. The fourth-order valence-electron chi connectivity index (χ4n) is 4.66. The normalized spacial score (nSPS) is 16.5. The third-order valence-corrected chi connectivity index (χ3v) is 8.32. The van der Waals surface area contributed by atoms with Crippen LogP contribution in [0.5, 0.6) is 0 Å². The van der Waals surface area contributed by atoms with Gasteiger partial charge in [0.05, 0.1) is 41.9 Å². The Labute approximate surface area is 195 Å². The van der Waals surface area contributed by atoms with Crippen molar-refractivity contribution in [2.45, 2.75) is 70.6 Å². The van der Waals surface area contributed by atoms with Gasteiger partial charge in [0.2, 0.25) is 0 Å². The Kier molecular flexibility index (Phi) is 6.64. The summed E-state index contributed by atoms with van der Waals surface area (Å²) in [4.78, 5) is 9.01. The van der Waals surface area contributed by atoms with Crippen molar-refractivity contribution in [3.63, 3.8) is 0 Å². The molecule has 0 amide bonds. The lowest BCUT2D eigenvalue weighted by Crippen LogP contribution is -2.29. The summed E-state index contributed by atoms with van der Waals surface area (Å²) in [5.74, 6) is 0. The molecule has 172 valence electrons. The molecule has 1 aliphatic rings. The standard InChI is InChI=1S/C24H31N7OSi/c1-33(2,3)13-12-32-18-30-11-7-20-22(27-17-28-23(20)30)19-14-29-31(15-19)21(6-10-25)24(16-26)8-4-5-9-24/h7,11,14-15,17,21H,4-6,8-9,12-13,18H2,1-3H3. The molecule has 0 bridgehead atoms. The molecule has 1 unspecified atom stereocenters. The molecule has 4 rings (SSSR count). The van der Waals surface area contributed by atoms with Gasteiger partial charge in [0.25, 0.3) is 0 Å². The molecule has 3 heterocycles. The Balaban J connectivity index is 1.58. The Bertz CT molecular complexity index is 1190. The highest BCUT2D eigenvalue weighted by Gasteiger charge is 2.43. The molecule has 0 spiro atoms. The fourth-order valence-corrected chi connectivity index (χ4v) is 5.42. The quantitative estimate of drug-likeness (QED) is 0.322. The molecule has 33 heavy (non-hydrogen) atoms. The largest absolute Gasteiger partial charge is 0.361 e. The third kappa shape index (κ3) is 4.85. The molecule has 0 saturated heterocycles. The van der Waals surface area contributed by atoms with E-state index >= 15 is 0 Å². The highest BCUT2D eigenvalue weighted by molar-refractivity contribution is 6.76. The zero-order valence-electron chi connectivity index (χ0n) is 19.7. The number of nitrogens with zero attached hydrogens (tertiary/aromatic N) is 7. The smallest absolute Gasteiger partial charge is 0.145 e. The van der Waals surface area contributed by atoms with Crippen LogP contribution in [0.3, 0.4) is 0 Å². The number of rotatable bonds is 9. The molecule has 0 radical (unpaired) electrons. The van der Waals surface area contributed by atoms with E-state index in [2.05, 4.69) is 46.8 Å². The second-order valence-corrected chi connectivity index (χ2v) is 15.8. The van der Waals surface area contributed by atoms with E-state index in [4.69, 9.17) is 4.74 Å². The highest BCUT2D eigenvalue weighted by atomic mass is 28.3. The van der Waals surface area contributed by atoms with Crippen LogP contribution in [0.25, 0.3) is 22.3 Å². The molecular formula is C24H31N7OSi. The second kappa shape index (κ2) is 9.46. The Morgan fingerprint density at radius 1 is 1.21 bits per heavy atom. The number of aromatic nitrogens is 5. The van der Waals surface area contributed by atoms with E-state index in [1.807, 2.05) is 23.0 Å². The van der Waals surface area contributed by atoms with Crippen LogP contribution in [0, 0.1) is 28.1 Å². The molecule has 1 fully saturated rings. The molecule has 9 heteroatoms. The van der Waals surface area contributed by atoms with Crippen molar-refractivity contribution in [1.82, 2.24) is 24.3 Å². The number of hydrogen-bond donors (Lipinski definition) is 0. The first-order valence-corrected chi connectivity index (χ1v) is 15.3. The summed E-state index contributed by atoms with van der Waals surface area (Å²) in [7, 11) is -1.13. The monoisotopic (exact) mass is 461 g/mol. The van der Waals surface area contributed by atoms with E-state index in [0.717, 1.165) is 60.6 Å². The summed E-state index contributed by atoms with van der Waals surface area (Å²) < 4.78 is 9.71. The first kappa shape index (κ1) is 23.2. The minimum absolute atomic E-state index is 0.259. The minimum Gasteiger partial charge on any atom is -0.361 e. The molecule has 8 nitrogen and oxygen atoms in total. The van der Waals surface area contributed by atoms with Gasteiger partial charge in [-0.15, -0.1) is 0 Å². The van der Waals surface area contributed by atoms with Gasteiger partial charge in [-0.1, -0.05) is 32.5 Å². The molecule has 0 aliphatic heterocycles.